The minimum atomic E-state index is -0.729. The van der Waals surface area contributed by atoms with Crippen molar-refractivity contribution in [2.75, 3.05) is 7.11 Å². The van der Waals surface area contributed by atoms with E-state index in [9.17, 15) is 4.79 Å². The molecule has 164 valence electrons. The predicted octanol–water partition coefficient (Wildman–Crippen LogP) is 4.04. The van der Waals surface area contributed by atoms with Crippen LogP contribution in [0.4, 0.5) is 0 Å². The number of amides is 1. The first-order valence-corrected chi connectivity index (χ1v) is 10.4. The third-order valence-electron chi connectivity index (χ3n) is 5.34. The van der Waals surface area contributed by atoms with Crippen molar-refractivity contribution in [2.45, 2.75) is 26.5 Å². The number of aryl methyl sites for hydroxylation is 2. The fourth-order valence-corrected chi connectivity index (χ4v) is 3.74. The highest BCUT2D eigenvalue weighted by Crippen LogP contribution is 2.33. The maximum absolute atomic E-state index is 12.7. The Labute approximate surface area is 187 Å². The molecule has 0 aliphatic heterocycles. The van der Waals surface area contributed by atoms with Gasteiger partial charge in [0.1, 0.15) is 5.75 Å². The van der Waals surface area contributed by atoms with Crippen LogP contribution < -0.4 is 14.8 Å². The molecular formula is C25H26N4O3. The van der Waals surface area contributed by atoms with E-state index in [4.69, 9.17) is 9.47 Å². The summed E-state index contributed by atoms with van der Waals surface area (Å²) in [6, 6.07) is 19.5. The van der Waals surface area contributed by atoms with Crippen LogP contribution in [-0.4, -0.2) is 33.9 Å². The number of hydrogen-bond donors (Lipinski definition) is 1. The van der Waals surface area contributed by atoms with Crippen LogP contribution in [0.15, 0.2) is 60.7 Å². The number of methoxy groups -OCH3 is 1. The fourth-order valence-electron chi connectivity index (χ4n) is 3.74. The van der Waals surface area contributed by atoms with Gasteiger partial charge in [-0.2, -0.15) is 10.1 Å². The molecule has 0 bridgehead atoms. The van der Waals surface area contributed by atoms with E-state index in [2.05, 4.69) is 15.4 Å². The van der Waals surface area contributed by atoms with Gasteiger partial charge in [-0.15, -0.1) is 0 Å². The van der Waals surface area contributed by atoms with E-state index in [1.54, 1.807) is 18.7 Å². The van der Waals surface area contributed by atoms with Crippen LogP contribution in [-0.2, 0) is 18.4 Å². The first kappa shape index (κ1) is 21.4. The van der Waals surface area contributed by atoms with Gasteiger partial charge in [-0.25, -0.2) is 0 Å². The summed E-state index contributed by atoms with van der Waals surface area (Å²) in [5, 5.41) is 8.39. The first-order chi connectivity index (χ1) is 15.5. The van der Waals surface area contributed by atoms with Gasteiger partial charge in [0.25, 0.3) is 5.91 Å². The van der Waals surface area contributed by atoms with E-state index in [1.165, 1.54) is 0 Å². The molecule has 0 saturated heterocycles. The topological polar surface area (TPSA) is 78.3 Å². The monoisotopic (exact) mass is 430 g/mol. The predicted molar refractivity (Wildman–Crippen MR) is 124 cm³/mol. The SMILES string of the molecule is COc1ccccc1CNC(=O)[C@@H](C)Oc1cc(-c2ccccc2)c2c(C)nn(C)c2n1. The van der Waals surface area contributed by atoms with Crippen molar-refractivity contribution < 1.29 is 14.3 Å². The van der Waals surface area contributed by atoms with E-state index in [-0.39, 0.29) is 5.91 Å². The molecule has 4 rings (SSSR count). The Hall–Kier alpha value is -3.87. The van der Waals surface area contributed by atoms with Crippen molar-refractivity contribution >= 4 is 16.9 Å². The van der Waals surface area contributed by atoms with Crippen LogP contribution in [0.1, 0.15) is 18.2 Å². The average Bonchev–Trinajstić information content (AvgIpc) is 3.10. The molecule has 0 unspecified atom stereocenters. The Bertz CT molecular complexity index is 1250. The number of nitrogens with one attached hydrogen (secondary N) is 1. The van der Waals surface area contributed by atoms with Gasteiger partial charge in [0, 0.05) is 25.2 Å². The Morgan fingerprint density at radius 1 is 1.12 bits per heavy atom. The number of rotatable bonds is 7. The van der Waals surface area contributed by atoms with Crippen molar-refractivity contribution in [3.05, 3.63) is 71.9 Å². The van der Waals surface area contributed by atoms with E-state index in [0.717, 1.165) is 33.5 Å². The second-order valence-corrected chi connectivity index (χ2v) is 7.57. The molecule has 32 heavy (non-hydrogen) atoms. The molecule has 0 aliphatic rings. The molecule has 2 heterocycles. The van der Waals surface area contributed by atoms with E-state index < -0.39 is 6.10 Å². The van der Waals surface area contributed by atoms with Crippen LogP contribution in [0.2, 0.25) is 0 Å². The second kappa shape index (κ2) is 9.09. The number of benzene rings is 2. The molecule has 4 aromatic rings. The number of fused-ring (bicyclic) bond motifs is 1. The lowest BCUT2D eigenvalue weighted by atomic mass is 10.0. The molecule has 0 fully saturated rings. The summed E-state index contributed by atoms with van der Waals surface area (Å²) in [6.45, 7) is 4.02. The summed E-state index contributed by atoms with van der Waals surface area (Å²) in [5.41, 5.74) is 4.50. The number of aromatic nitrogens is 3. The molecular weight excluding hydrogens is 404 g/mol. The highest BCUT2D eigenvalue weighted by molar-refractivity contribution is 5.95. The third-order valence-corrected chi connectivity index (χ3v) is 5.34. The number of hydrogen-bond acceptors (Lipinski definition) is 5. The minimum absolute atomic E-state index is 0.236. The van der Waals surface area contributed by atoms with Gasteiger partial charge < -0.3 is 14.8 Å². The highest BCUT2D eigenvalue weighted by Gasteiger charge is 2.20. The summed E-state index contributed by atoms with van der Waals surface area (Å²) in [5.74, 6) is 0.868. The van der Waals surface area contributed by atoms with Gasteiger partial charge in [-0.3, -0.25) is 9.48 Å². The second-order valence-electron chi connectivity index (χ2n) is 7.57. The molecule has 0 spiro atoms. The number of carbonyl (C=O) groups is 1. The maximum atomic E-state index is 12.7. The summed E-state index contributed by atoms with van der Waals surface area (Å²) < 4.78 is 13.0. The lowest BCUT2D eigenvalue weighted by Crippen LogP contribution is -2.36. The van der Waals surface area contributed by atoms with Gasteiger partial charge in [0.15, 0.2) is 11.8 Å². The zero-order valence-electron chi connectivity index (χ0n) is 18.6. The van der Waals surface area contributed by atoms with Crippen molar-refractivity contribution in [3.8, 4) is 22.8 Å². The lowest BCUT2D eigenvalue weighted by molar-refractivity contribution is -0.127. The summed E-state index contributed by atoms with van der Waals surface area (Å²) >= 11 is 0. The van der Waals surface area contributed by atoms with Gasteiger partial charge in [-0.1, -0.05) is 48.5 Å². The fraction of sp³-hybridized carbons (Fsp3) is 0.240. The third kappa shape index (κ3) is 4.27. The van der Waals surface area contributed by atoms with Crippen LogP contribution >= 0.6 is 0 Å². The van der Waals surface area contributed by atoms with Gasteiger partial charge in [-0.05, 0) is 31.0 Å². The smallest absolute Gasteiger partial charge is 0.261 e. The normalized spacial score (nSPS) is 11.9. The maximum Gasteiger partial charge on any atom is 0.261 e. The summed E-state index contributed by atoms with van der Waals surface area (Å²) in [6.07, 6.45) is -0.729. The number of nitrogens with zero attached hydrogens (tertiary/aromatic N) is 3. The van der Waals surface area contributed by atoms with Gasteiger partial charge >= 0.3 is 0 Å². The molecule has 1 atom stereocenters. The number of pyridine rings is 1. The summed E-state index contributed by atoms with van der Waals surface area (Å²) in [7, 11) is 3.46. The zero-order chi connectivity index (χ0) is 22.7. The quantitative estimate of drug-likeness (QED) is 0.479. The van der Waals surface area contributed by atoms with Crippen molar-refractivity contribution in [1.82, 2.24) is 20.1 Å². The molecule has 1 amide bonds. The average molecular weight is 431 g/mol. The number of para-hydroxylation sites is 1. The Balaban J connectivity index is 1.57. The minimum Gasteiger partial charge on any atom is -0.496 e. The molecule has 1 N–H and O–H groups in total. The zero-order valence-corrected chi connectivity index (χ0v) is 18.6. The number of carbonyl (C=O) groups excluding carboxylic acids is 1. The van der Waals surface area contributed by atoms with E-state index in [1.807, 2.05) is 74.6 Å². The Morgan fingerprint density at radius 3 is 2.59 bits per heavy atom. The van der Waals surface area contributed by atoms with Crippen LogP contribution in [0.5, 0.6) is 11.6 Å². The summed E-state index contributed by atoms with van der Waals surface area (Å²) in [4.78, 5) is 17.3. The molecule has 7 heteroatoms. The molecule has 0 aliphatic carbocycles. The number of ether oxygens (including phenoxy) is 2. The standard InChI is InChI=1S/C25H26N4O3/c1-16-23-20(18-10-6-5-7-11-18)14-22(27-24(23)29(3)28-16)32-17(2)25(30)26-15-19-12-8-9-13-21(19)31-4/h5-14,17H,15H2,1-4H3,(H,26,30)/t17-/m1/s1. The first-order valence-electron chi connectivity index (χ1n) is 10.4. The van der Waals surface area contributed by atoms with Crippen molar-refractivity contribution in [1.29, 1.82) is 0 Å². The van der Waals surface area contributed by atoms with Crippen LogP contribution in [0.25, 0.3) is 22.2 Å². The molecule has 2 aromatic carbocycles. The molecule has 0 saturated carbocycles. The van der Waals surface area contributed by atoms with Gasteiger partial charge in [0.2, 0.25) is 5.88 Å². The van der Waals surface area contributed by atoms with Crippen molar-refractivity contribution in [2.24, 2.45) is 7.05 Å². The Kier molecular flexibility index (Phi) is 6.07. The molecule has 0 radical (unpaired) electrons. The van der Waals surface area contributed by atoms with Crippen LogP contribution in [0, 0.1) is 6.92 Å². The van der Waals surface area contributed by atoms with E-state index in [0.29, 0.717) is 18.1 Å². The van der Waals surface area contributed by atoms with Gasteiger partial charge in [0.05, 0.1) is 18.2 Å². The van der Waals surface area contributed by atoms with Crippen molar-refractivity contribution in [3.63, 3.8) is 0 Å². The lowest BCUT2D eigenvalue weighted by Gasteiger charge is -2.16. The highest BCUT2D eigenvalue weighted by atomic mass is 16.5. The van der Waals surface area contributed by atoms with E-state index >= 15 is 0 Å². The largest absolute Gasteiger partial charge is 0.496 e. The van der Waals surface area contributed by atoms with Crippen LogP contribution in [0.3, 0.4) is 0 Å². The molecule has 2 aromatic heterocycles. The molecule has 7 nitrogen and oxygen atoms in total. The Morgan fingerprint density at radius 2 is 1.84 bits per heavy atom.